The van der Waals surface area contributed by atoms with Gasteiger partial charge in [0, 0.05) is 24.7 Å². The normalized spacial score (nSPS) is 19.3. The number of cyclic esters (lactones) is 1. The summed E-state index contributed by atoms with van der Waals surface area (Å²) >= 11 is 0. The van der Waals surface area contributed by atoms with Gasteiger partial charge in [-0.25, -0.2) is 14.6 Å². The molecule has 0 radical (unpaired) electrons. The van der Waals surface area contributed by atoms with Crippen LogP contribution < -0.4 is 25.0 Å². The number of benzene rings is 1. The van der Waals surface area contributed by atoms with Crippen LogP contribution in [0.5, 0.6) is 11.5 Å². The van der Waals surface area contributed by atoms with E-state index in [9.17, 15) is 14.4 Å². The molecule has 2 saturated heterocycles. The zero-order valence-electron chi connectivity index (χ0n) is 22.6. The van der Waals surface area contributed by atoms with E-state index in [0.717, 1.165) is 17.5 Å². The summed E-state index contributed by atoms with van der Waals surface area (Å²) in [6, 6.07) is 12.9. The van der Waals surface area contributed by atoms with Crippen molar-refractivity contribution in [1.29, 1.82) is 0 Å². The van der Waals surface area contributed by atoms with Crippen LogP contribution in [0.15, 0.2) is 48.7 Å². The van der Waals surface area contributed by atoms with Crippen molar-refractivity contribution >= 4 is 29.7 Å². The molecule has 14 nitrogen and oxygen atoms in total. The molecule has 0 aliphatic carbocycles. The highest BCUT2D eigenvalue weighted by Crippen LogP contribution is 2.30. The number of fused-ring (bicyclic) bond motifs is 1. The topological polar surface area (TPSA) is 168 Å². The summed E-state index contributed by atoms with van der Waals surface area (Å²) in [7, 11) is 0. The van der Waals surface area contributed by atoms with Gasteiger partial charge in [0.2, 0.25) is 0 Å². The number of pyridine rings is 1. The van der Waals surface area contributed by atoms with Crippen molar-refractivity contribution in [3.63, 3.8) is 0 Å². The summed E-state index contributed by atoms with van der Waals surface area (Å²) in [5.74, 6) is 1.37. The number of hydrogen-bond acceptors (Lipinski definition) is 10. The molecule has 3 aliphatic heterocycles. The van der Waals surface area contributed by atoms with Crippen LogP contribution in [0.2, 0.25) is 0 Å². The molecule has 0 bridgehead atoms. The fourth-order valence-corrected chi connectivity index (χ4v) is 4.93. The summed E-state index contributed by atoms with van der Waals surface area (Å²) in [5, 5.41) is 23.5. The first kappa shape index (κ1) is 27.2. The van der Waals surface area contributed by atoms with Gasteiger partial charge in [0.15, 0.2) is 18.2 Å². The molecule has 5 heterocycles. The van der Waals surface area contributed by atoms with E-state index < -0.39 is 12.2 Å². The molecule has 2 unspecified atom stereocenters. The maximum absolute atomic E-state index is 12.5. The second-order valence-electron chi connectivity index (χ2n) is 10.1. The zero-order valence-corrected chi connectivity index (χ0v) is 22.6. The number of hydrogen-bond donors (Lipinski definition) is 3. The highest BCUT2D eigenvalue weighted by molar-refractivity contribution is 5.95. The smallest absolute Gasteiger partial charge is 0.415 e. The van der Waals surface area contributed by atoms with E-state index in [1.807, 2.05) is 24.3 Å². The molecule has 0 saturated carbocycles. The van der Waals surface area contributed by atoms with Crippen LogP contribution in [-0.4, -0.2) is 88.3 Å². The third kappa shape index (κ3) is 6.02. The van der Waals surface area contributed by atoms with Gasteiger partial charge in [-0.15, -0.1) is 0 Å². The molecular weight excluding hydrogens is 546 g/mol. The Kier molecular flexibility index (Phi) is 7.68. The van der Waals surface area contributed by atoms with Gasteiger partial charge in [-0.05, 0) is 43.1 Å². The Labute approximate surface area is 240 Å². The second kappa shape index (κ2) is 11.9. The predicted octanol–water partition coefficient (Wildman–Crippen LogP) is 2.51. The molecule has 218 valence electrons. The van der Waals surface area contributed by atoms with Gasteiger partial charge in [0.05, 0.1) is 24.5 Å². The molecule has 42 heavy (non-hydrogen) atoms. The first-order valence-corrected chi connectivity index (χ1v) is 13.6. The van der Waals surface area contributed by atoms with E-state index in [-0.39, 0.29) is 37.1 Å². The Morgan fingerprint density at radius 2 is 2.12 bits per heavy atom. The molecule has 14 heteroatoms. The lowest BCUT2D eigenvalue weighted by Crippen LogP contribution is -2.53. The Balaban J connectivity index is 0.982. The van der Waals surface area contributed by atoms with Gasteiger partial charge in [0.1, 0.15) is 24.3 Å². The minimum Gasteiger partial charge on any atom is -0.490 e. The van der Waals surface area contributed by atoms with Gasteiger partial charge in [-0.2, -0.15) is 10.2 Å². The first-order chi connectivity index (χ1) is 20.4. The summed E-state index contributed by atoms with van der Waals surface area (Å²) in [5.41, 5.74) is 2.57. The number of likely N-dealkylation sites (tertiary alicyclic amines) is 1. The van der Waals surface area contributed by atoms with Crippen LogP contribution in [0.3, 0.4) is 0 Å². The fourth-order valence-electron chi connectivity index (χ4n) is 4.93. The third-order valence-electron chi connectivity index (χ3n) is 7.27. The molecule has 3 amide bonds. The Bertz CT molecular complexity index is 1500. The van der Waals surface area contributed by atoms with Crippen molar-refractivity contribution in [3.8, 4) is 22.8 Å². The third-order valence-corrected chi connectivity index (χ3v) is 7.27. The van der Waals surface area contributed by atoms with Crippen LogP contribution in [0, 0.1) is 0 Å². The van der Waals surface area contributed by atoms with Crippen molar-refractivity contribution in [3.05, 3.63) is 54.2 Å². The fraction of sp³-hybridized carbons (Fsp3) is 0.357. The van der Waals surface area contributed by atoms with Gasteiger partial charge < -0.3 is 34.9 Å². The van der Waals surface area contributed by atoms with E-state index >= 15 is 0 Å². The van der Waals surface area contributed by atoms with Crippen molar-refractivity contribution < 1.29 is 33.7 Å². The van der Waals surface area contributed by atoms with Crippen molar-refractivity contribution in [2.75, 3.05) is 43.1 Å². The van der Waals surface area contributed by atoms with E-state index in [1.165, 1.54) is 16.0 Å². The van der Waals surface area contributed by atoms with Gasteiger partial charge in [-0.3, -0.25) is 9.69 Å². The molecule has 6 rings (SSSR count). The molecule has 2 atom stereocenters. The van der Waals surface area contributed by atoms with Crippen LogP contribution >= 0.6 is 0 Å². The van der Waals surface area contributed by atoms with Crippen molar-refractivity contribution in [2.45, 2.75) is 31.5 Å². The number of amides is 3. The number of anilines is 2. The standard InChI is InChI=1S/C28H29N7O7/c36-25-16-41-23-4-5-24(31-26(23)32-25)35-14-20(42-28(35)39)6-8-29-12-17-2-1-3-18(10-17)22-11-21(13-30-33-22)40-15-19-7-9-34(19)27(37)38/h1-5,10-11,13,19-20,29H,6-9,12,14-16H2,(H,37,38)(H,31,32,36). The number of rotatable bonds is 10. The average Bonchev–Trinajstić information content (AvgIpc) is 3.34. The number of ether oxygens (including phenoxy) is 3. The lowest BCUT2D eigenvalue weighted by atomic mass is 10.1. The summed E-state index contributed by atoms with van der Waals surface area (Å²) in [4.78, 5) is 42.4. The van der Waals surface area contributed by atoms with Gasteiger partial charge in [-0.1, -0.05) is 18.2 Å². The maximum Gasteiger partial charge on any atom is 0.415 e. The molecule has 3 N–H and O–H groups in total. The van der Waals surface area contributed by atoms with Gasteiger partial charge in [0.25, 0.3) is 5.91 Å². The molecular formula is C28H29N7O7. The van der Waals surface area contributed by atoms with E-state index in [4.69, 9.17) is 19.3 Å². The molecule has 0 spiro atoms. The quantitative estimate of drug-likeness (QED) is 0.304. The number of nitrogens with zero attached hydrogens (tertiary/aromatic N) is 5. The Hall–Kier alpha value is -4.98. The van der Waals surface area contributed by atoms with Crippen LogP contribution in [0.1, 0.15) is 18.4 Å². The van der Waals surface area contributed by atoms with Crippen LogP contribution in [0.4, 0.5) is 21.2 Å². The van der Waals surface area contributed by atoms with Crippen molar-refractivity contribution in [2.24, 2.45) is 0 Å². The molecule has 3 aliphatic rings. The molecule has 2 fully saturated rings. The Morgan fingerprint density at radius 1 is 1.21 bits per heavy atom. The number of carbonyl (C=O) groups is 3. The van der Waals surface area contributed by atoms with E-state index in [0.29, 0.717) is 55.6 Å². The van der Waals surface area contributed by atoms with Gasteiger partial charge >= 0.3 is 12.2 Å². The minimum absolute atomic E-state index is 0.0631. The maximum atomic E-state index is 12.5. The van der Waals surface area contributed by atoms with E-state index in [1.54, 1.807) is 18.2 Å². The predicted molar refractivity (Wildman–Crippen MR) is 148 cm³/mol. The molecule has 3 aromatic rings. The van der Waals surface area contributed by atoms with E-state index in [2.05, 4.69) is 25.8 Å². The highest BCUT2D eigenvalue weighted by atomic mass is 16.6. The molecule has 2 aromatic heterocycles. The lowest BCUT2D eigenvalue weighted by Gasteiger charge is -2.38. The summed E-state index contributed by atoms with van der Waals surface area (Å²) < 4.78 is 16.7. The second-order valence-corrected chi connectivity index (χ2v) is 10.1. The van der Waals surface area contributed by atoms with Crippen LogP contribution in [-0.2, 0) is 16.1 Å². The monoisotopic (exact) mass is 575 g/mol. The first-order valence-electron chi connectivity index (χ1n) is 13.6. The summed E-state index contributed by atoms with van der Waals surface area (Å²) in [6.45, 7) is 2.30. The minimum atomic E-state index is -0.934. The van der Waals surface area contributed by atoms with Crippen molar-refractivity contribution in [1.82, 2.24) is 25.4 Å². The number of carboxylic acid groups (broad SMARTS) is 1. The largest absolute Gasteiger partial charge is 0.490 e. The average molecular weight is 576 g/mol. The molecule has 1 aromatic carbocycles. The number of carbonyl (C=O) groups excluding carboxylic acids is 2. The highest BCUT2D eigenvalue weighted by Gasteiger charge is 2.34. The summed E-state index contributed by atoms with van der Waals surface area (Å²) in [6.07, 6.45) is 1.18. The van der Waals surface area contributed by atoms with Crippen LogP contribution in [0.25, 0.3) is 11.3 Å². The number of nitrogens with one attached hydrogen (secondary N) is 2. The Morgan fingerprint density at radius 3 is 2.95 bits per heavy atom. The SMILES string of the molecule is O=C1COc2ccc(N3CC(CCNCc4cccc(-c5cc(OCC6CCN6C(=O)O)cnn5)c4)OC3=O)nc2N1. The lowest BCUT2D eigenvalue weighted by molar-refractivity contribution is -0.118. The number of aromatic nitrogens is 3. The zero-order chi connectivity index (χ0) is 29.1.